The molecule has 2 aliphatic heterocycles. The normalized spacial score (nSPS) is 19.5. The van der Waals surface area contributed by atoms with Crippen molar-refractivity contribution in [3.8, 4) is 11.3 Å². The largest absolute Gasteiger partial charge is 0.465 e. The van der Waals surface area contributed by atoms with Gasteiger partial charge in [-0.1, -0.05) is 32.9 Å². The topological polar surface area (TPSA) is 104 Å². The molecule has 36 heavy (non-hydrogen) atoms. The summed E-state index contributed by atoms with van der Waals surface area (Å²) >= 11 is 0. The predicted octanol–water partition coefficient (Wildman–Crippen LogP) is 4.04. The van der Waals surface area contributed by atoms with E-state index in [1.165, 1.54) is 5.69 Å². The second-order valence-corrected chi connectivity index (χ2v) is 10.7. The first kappa shape index (κ1) is 24.2. The molecule has 190 valence electrons. The van der Waals surface area contributed by atoms with Crippen LogP contribution in [0.5, 0.6) is 0 Å². The summed E-state index contributed by atoms with van der Waals surface area (Å²) in [6.07, 6.45) is 3.30. The number of benzene rings is 1. The molecule has 2 aliphatic rings. The number of carbonyl (C=O) groups is 1. The van der Waals surface area contributed by atoms with Gasteiger partial charge in [-0.2, -0.15) is 0 Å². The third kappa shape index (κ3) is 5.06. The first-order valence-corrected chi connectivity index (χ1v) is 12.6. The minimum absolute atomic E-state index is 0.159. The summed E-state index contributed by atoms with van der Waals surface area (Å²) in [6, 6.07) is 10.3. The lowest BCUT2D eigenvalue weighted by Gasteiger charge is -2.35. The lowest BCUT2D eigenvalue weighted by Crippen LogP contribution is -2.49. The van der Waals surface area contributed by atoms with Crippen LogP contribution in [-0.2, 0) is 4.74 Å². The SMILES string of the molecule is CC(C)(C)C(NC(=O)O)C1CCN(c2nc(-c3ccc(N4CCOCC4)cc3)cc3nccnc23)C1. The van der Waals surface area contributed by atoms with Crippen LogP contribution in [-0.4, -0.2) is 71.6 Å². The van der Waals surface area contributed by atoms with Crippen molar-refractivity contribution in [3.63, 3.8) is 0 Å². The van der Waals surface area contributed by atoms with Gasteiger partial charge in [-0.15, -0.1) is 0 Å². The van der Waals surface area contributed by atoms with Crippen LogP contribution in [0.2, 0.25) is 0 Å². The second-order valence-electron chi connectivity index (χ2n) is 10.7. The number of nitrogens with one attached hydrogen (secondary N) is 1. The molecule has 1 amide bonds. The highest BCUT2D eigenvalue weighted by Gasteiger charge is 2.38. The van der Waals surface area contributed by atoms with Gasteiger partial charge >= 0.3 is 6.09 Å². The molecule has 2 unspecified atom stereocenters. The van der Waals surface area contributed by atoms with Gasteiger partial charge in [0, 0.05) is 55.9 Å². The van der Waals surface area contributed by atoms with Crippen molar-refractivity contribution < 1.29 is 14.6 Å². The number of morpholine rings is 1. The molecule has 5 rings (SSSR count). The molecule has 2 aromatic heterocycles. The minimum Gasteiger partial charge on any atom is -0.465 e. The highest BCUT2D eigenvalue weighted by molar-refractivity contribution is 5.89. The molecule has 0 saturated carbocycles. The molecular formula is C27H34N6O3. The molecule has 1 aromatic carbocycles. The van der Waals surface area contributed by atoms with Crippen molar-refractivity contribution in [1.29, 1.82) is 0 Å². The fraction of sp³-hybridized carbons (Fsp3) is 0.481. The number of aromatic nitrogens is 3. The van der Waals surface area contributed by atoms with Crippen LogP contribution >= 0.6 is 0 Å². The zero-order chi connectivity index (χ0) is 25.3. The van der Waals surface area contributed by atoms with E-state index in [0.29, 0.717) is 6.54 Å². The first-order chi connectivity index (χ1) is 17.3. The van der Waals surface area contributed by atoms with Crippen molar-refractivity contribution in [2.24, 2.45) is 11.3 Å². The van der Waals surface area contributed by atoms with Gasteiger partial charge < -0.3 is 25.0 Å². The Labute approximate surface area is 211 Å². The third-order valence-corrected chi connectivity index (χ3v) is 7.19. The number of pyridine rings is 1. The Kier molecular flexibility index (Phi) is 6.66. The second kappa shape index (κ2) is 9.89. The van der Waals surface area contributed by atoms with Gasteiger partial charge in [-0.3, -0.25) is 4.98 Å². The fourth-order valence-electron chi connectivity index (χ4n) is 5.41. The maximum atomic E-state index is 11.5. The summed E-state index contributed by atoms with van der Waals surface area (Å²) in [5, 5.41) is 12.2. The van der Waals surface area contributed by atoms with E-state index < -0.39 is 6.09 Å². The lowest BCUT2D eigenvalue weighted by atomic mass is 9.78. The van der Waals surface area contributed by atoms with E-state index in [1.54, 1.807) is 12.4 Å². The first-order valence-electron chi connectivity index (χ1n) is 12.6. The molecule has 0 aliphatic carbocycles. The molecule has 0 bridgehead atoms. The van der Waals surface area contributed by atoms with E-state index in [-0.39, 0.29) is 17.4 Å². The standard InChI is InChI=1S/C27H34N6O3/c1-27(2,3)24(31-26(34)35)19-8-11-33(17-19)25-23-22(28-9-10-29-23)16-21(30-25)18-4-6-20(7-5-18)32-12-14-36-15-13-32/h4-7,9-10,16,19,24,31H,8,11-15,17H2,1-3H3,(H,34,35). The van der Waals surface area contributed by atoms with Crippen molar-refractivity contribution in [2.45, 2.75) is 33.2 Å². The number of rotatable bonds is 5. The van der Waals surface area contributed by atoms with Gasteiger partial charge in [0.25, 0.3) is 0 Å². The molecule has 0 spiro atoms. The molecule has 2 fully saturated rings. The van der Waals surface area contributed by atoms with Crippen molar-refractivity contribution in [3.05, 3.63) is 42.7 Å². The Morgan fingerprint density at radius 3 is 2.50 bits per heavy atom. The molecule has 2 atom stereocenters. The van der Waals surface area contributed by atoms with E-state index in [1.807, 2.05) is 6.07 Å². The number of anilines is 2. The Morgan fingerprint density at radius 1 is 1.08 bits per heavy atom. The van der Waals surface area contributed by atoms with Gasteiger partial charge in [0.05, 0.1) is 24.4 Å². The highest BCUT2D eigenvalue weighted by Crippen LogP contribution is 2.36. The summed E-state index contributed by atoms with van der Waals surface area (Å²) in [5.74, 6) is 0.976. The van der Waals surface area contributed by atoms with Gasteiger partial charge in [0.15, 0.2) is 5.82 Å². The Morgan fingerprint density at radius 2 is 1.81 bits per heavy atom. The van der Waals surface area contributed by atoms with Gasteiger partial charge in [-0.05, 0) is 36.0 Å². The van der Waals surface area contributed by atoms with Crippen LogP contribution in [0.25, 0.3) is 22.3 Å². The predicted molar refractivity (Wildman–Crippen MR) is 141 cm³/mol. The molecular weight excluding hydrogens is 456 g/mol. The van der Waals surface area contributed by atoms with E-state index in [4.69, 9.17) is 9.72 Å². The summed E-state index contributed by atoms with van der Waals surface area (Å²) in [4.78, 5) is 30.3. The van der Waals surface area contributed by atoms with Crippen molar-refractivity contribution in [2.75, 3.05) is 49.2 Å². The molecule has 0 radical (unpaired) electrons. The average Bonchev–Trinajstić information content (AvgIpc) is 3.36. The number of hydrogen-bond acceptors (Lipinski definition) is 7. The average molecular weight is 491 g/mol. The number of amides is 1. The lowest BCUT2D eigenvalue weighted by molar-refractivity contribution is 0.122. The summed E-state index contributed by atoms with van der Waals surface area (Å²) in [5.41, 5.74) is 4.44. The Hall–Kier alpha value is -3.46. The fourth-order valence-corrected chi connectivity index (χ4v) is 5.41. The molecule has 2 saturated heterocycles. The third-order valence-electron chi connectivity index (χ3n) is 7.19. The highest BCUT2D eigenvalue weighted by atomic mass is 16.5. The van der Waals surface area contributed by atoms with E-state index in [0.717, 1.165) is 67.4 Å². The number of ether oxygens (including phenoxy) is 1. The van der Waals surface area contributed by atoms with E-state index >= 15 is 0 Å². The van der Waals surface area contributed by atoms with E-state index in [2.05, 4.69) is 70.1 Å². The Balaban J connectivity index is 1.45. The van der Waals surface area contributed by atoms with Crippen molar-refractivity contribution >= 4 is 28.6 Å². The molecule has 2 N–H and O–H groups in total. The summed E-state index contributed by atoms with van der Waals surface area (Å²) < 4.78 is 5.47. The van der Waals surface area contributed by atoms with E-state index in [9.17, 15) is 9.90 Å². The van der Waals surface area contributed by atoms with Crippen LogP contribution in [0.1, 0.15) is 27.2 Å². The van der Waals surface area contributed by atoms with Crippen LogP contribution in [0.15, 0.2) is 42.7 Å². The smallest absolute Gasteiger partial charge is 0.404 e. The maximum absolute atomic E-state index is 11.5. The van der Waals surface area contributed by atoms with Gasteiger partial charge in [0.1, 0.15) is 5.52 Å². The summed E-state index contributed by atoms with van der Waals surface area (Å²) in [6.45, 7) is 11.0. The number of nitrogens with zero attached hydrogens (tertiary/aromatic N) is 5. The Bertz CT molecular complexity index is 1220. The monoisotopic (exact) mass is 490 g/mol. The van der Waals surface area contributed by atoms with Crippen molar-refractivity contribution in [1.82, 2.24) is 20.3 Å². The molecule has 9 heteroatoms. The summed E-state index contributed by atoms with van der Waals surface area (Å²) in [7, 11) is 0. The molecule has 3 aromatic rings. The van der Waals surface area contributed by atoms with Crippen LogP contribution in [0.3, 0.4) is 0 Å². The minimum atomic E-state index is -0.981. The molecule has 9 nitrogen and oxygen atoms in total. The number of fused-ring (bicyclic) bond motifs is 1. The zero-order valence-corrected chi connectivity index (χ0v) is 21.1. The van der Waals surface area contributed by atoms with Crippen LogP contribution < -0.4 is 15.1 Å². The molecule has 4 heterocycles. The number of carboxylic acid groups (broad SMARTS) is 1. The van der Waals surface area contributed by atoms with Gasteiger partial charge in [-0.25, -0.2) is 14.8 Å². The maximum Gasteiger partial charge on any atom is 0.404 e. The van der Waals surface area contributed by atoms with Crippen LogP contribution in [0, 0.1) is 11.3 Å². The zero-order valence-electron chi connectivity index (χ0n) is 21.1. The van der Waals surface area contributed by atoms with Crippen LogP contribution in [0.4, 0.5) is 16.3 Å². The quantitative estimate of drug-likeness (QED) is 0.552. The number of hydrogen-bond donors (Lipinski definition) is 2. The van der Waals surface area contributed by atoms with Gasteiger partial charge in [0.2, 0.25) is 0 Å².